The maximum Gasteiger partial charge on any atom is 0.292 e. The molecule has 0 spiro atoms. The highest BCUT2D eigenvalue weighted by atomic mass is 32.1. The van der Waals surface area contributed by atoms with Crippen molar-refractivity contribution in [2.75, 3.05) is 45.7 Å². The van der Waals surface area contributed by atoms with E-state index in [0.29, 0.717) is 37.6 Å². The number of carbonyl (C=O) groups excluding carboxylic acids is 5. The summed E-state index contributed by atoms with van der Waals surface area (Å²) < 4.78 is 5.69. The lowest BCUT2D eigenvalue weighted by Gasteiger charge is -2.24. The van der Waals surface area contributed by atoms with Gasteiger partial charge in [-0.3, -0.25) is 28.4 Å². The van der Waals surface area contributed by atoms with Crippen molar-refractivity contribution in [3.05, 3.63) is 35.0 Å². The van der Waals surface area contributed by atoms with Crippen LogP contribution in [-0.2, 0) is 28.7 Å². The molecule has 2 aliphatic heterocycles. The van der Waals surface area contributed by atoms with Gasteiger partial charge in [-0.2, -0.15) is 0 Å². The number of methoxy groups -OCH3 is 1. The Bertz CT molecular complexity index is 1500. The third-order valence-corrected chi connectivity index (χ3v) is 7.55. The zero-order valence-corrected chi connectivity index (χ0v) is 31.1. The number of imidazole rings is 2. The zero-order valence-electron chi connectivity index (χ0n) is 30.3. The number of thiazole rings is 1. The SMILES string of the molecule is CC(C)CC(=O)N1CCC[C@H]1c1ncc(C#Cc2cn3cc(NC=O)nc3s2)[nH]1.CC(N)=O.CCC.CNCC(=O)N1CCCC1.COC=O. The molecule has 3 aromatic rings. The van der Waals surface area contributed by atoms with E-state index in [2.05, 4.69) is 75.6 Å². The Morgan fingerprint density at radius 1 is 1.12 bits per heavy atom. The first-order valence-corrected chi connectivity index (χ1v) is 17.5. The Morgan fingerprint density at radius 3 is 2.30 bits per heavy atom. The van der Waals surface area contributed by atoms with Gasteiger partial charge in [-0.15, -0.1) is 0 Å². The van der Waals surface area contributed by atoms with Gasteiger partial charge in [0.25, 0.3) is 6.47 Å². The minimum atomic E-state index is -0.333. The molecule has 0 radical (unpaired) electrons. The van der Waals surface area contributed by atoms with Gasteiger partial charge < -0.3 is 35.9 Å². The molecular weight excluding hydrogens is 662 g/mol. The Morgan fingerprint density at radius 2 is 1.76 bits per heavy atom. The fraction of sp³-hybridized carbons (Fsp3) is 0.559. The lowest BCUT2D eigenvalue weighted by atomic mass is 10.1. The van der Waals surface area contributed by atoms with Crippen LogP contribution in [0.2, 0.25) is 0 Å². The van der Waals surface area contributed by atoms with Crippen molar-refractivity contribution in [3.63, 3.8) is 0 Å². The molecule has 0 unspecified atom stereocenters. The number of hydrogen-bond donors (Lipinski definition) is 4. The summed E-state index contributed by atoms with van der Waals surface area (Å²) in [6, 6.07) is 0.00516. The monoisotopic (exact) mass is 715 g/mol. The molecule has 0 aliphatic carbocycles. The van der Waals surface area contributed by atoms with Gasteiger partial charge >= 0.3 is 0 Å². The quantitative estimate of drug-likeness (QED) is 0.200. The standard InChI is InChI=1S/C20H22N6O2S.C7H14N2O.C3H8.C2H5NO.C2H4O2/c1-13(2)8-18(28)26-7-3-4-16(26)19-21-9-14(23-19)5-6-15-10-25-11-17(22-12-27)24-20(25)29-15;1-8-6-7(10)9-4-2-3-5-9;1-3-2;1-2(3)4;1-4-2-3/h9-13,16H,3-4,7-8H2,1-2H3,(H,21,23)(H,22,27);8H,2-6H2,1H3;3H2,1-2H3;1H3,(H2,3,4);2H,1H3/t16-;;;;/m0..../s1. The summed E-state index contributed by atoms with van der Waals surface area (Å²) >= 11 is 1.44. The fourth-order valence-corrected chi connectivity index (χ4v) is 5.55. The highest BCUT2D eigenvalue weighted by Crippen LogP contribution is 2.31. The van der Waals surface area contributed by atoms with Crippen molar-refractivity contribution in [1.82, 2.24) is 34.5 Å². The number of primary amides is 1. The number of ether oxygens (including phenoxy) is 1. The smallest absolute Gasteiger partial charge is 0.292 e. The molecule has 3 aromatic heterocycles. The Labute approximate surface area is 298 Å². The minimum Gasteiger partial charge on any atom is -0.471 e. The van der Waals surface area contributed by atoms with Crippen molar-refractivity contribution in [2.45, 2.75) is 79.2 Å². The number of aromatic nitrogens is 4. The number of aromatic amines is 1. The summed E-state index contributed by atoms with van der Waals surface area (Å²) in [6.45, 7) is 13.2. The fourth-order valence-electron chi connectivity index (χ4n) is 4.73. The minimum absolute atomic E-state index is 0.00516. The molecular formula is C34H53N9O6S. The normalized spacial score (nSPS) is 14.3. The van der Waals surface area contributed by atoms with E-state index in [1.54, 1.807) is 19.4 Å². The van der Waals surface area contributed by atoms with Gasteiger partial charge in [0.05, 0.1) is 37.0 Å². The summed E-state index contributed by atoms with van der Waals surface area (Å²) in [4.78, 5) is 69.8. The van der Waals surface area contributed by atoms with Crippen molar-refractivity contribution < 1.29 is 28.7 Å². The first-order valence-electron chi connectivity index (χ1n) is 16.6. The van der Waals surface area contributed by atoms with Crippen LogP contribution < -0.4 is 16.4 Å². The molecule has 276 valence electrons. The van der Waals surface area contributed by atoms with E-state index < -0.39 is 0 Å². The average Bonchev–Trinajstić information content (AvgIpc) is 3.89. The van der Waals surface area contributed by atoms with Gasteiger partial charge in [0.2, 0.25) is 24.1 Å². The summed E-state index contributed by atoms with van der Waals surface area (Å²) in [5.41, 5.74) is 5.19. The van der Waals surface area contributed by atoms with E-state index in [1.807, 2.05) is 20.4 Å². The molecule has 15 nitrogen and oxygen atoms in total. The Kier molecular flexibility index (Phi) is 21.1. The van der Waals surface area contributed by atoms with Gasteiger partial charge in [-0.25, -0.2) is 9.97 Å². The van der Waals surface area contributed by atoms with Crippen LogP contribution in [0.1, 0.15) is 95.6 Å². The predicted octanol–water partition coefficient (Wildman–Crippen LogP) is 3.32. The molecule has 0 aromatic carbocycles. The van der Waals surface area contributed by atoms with Crippen LogP contribution in [0.4, 0.5) is 5.82 Å². The van der Waals surface area contributed by atoms with Crippen LogP contribution in [0, 0.1) is 17.8 Å². The number of hydrogen-bond acceptors (Lipinski definition) is 10. The topological polar surface area (TPSA) is 197 Å². The van der Waals surface area contributed by atoms with Crippen molar-refractivity contribution in [2.24, 2.45) is 11.7 Å². The number of likely N-dealkylation sites (tertiary alicyclic amines) is 2. The molecule has 2 saturated heterocycles. The van der Waals surface area contributed by atoms with Crippen molar-refractivity contribution >= 4 is 52.7 Å². The first kappa shape index (κ1) is 43.3. The molecule has 5 heterocycles. The molecule has 1 atom stereocenters. The maximum absolute atomic E-state index is 12.5. The molecule has 2 fully saturated rings. The highest BCUT2D eigenvalue weighted by Gasteiger charge is 2.31. The largest absolute Gasteiger partial charge is 0.471 e. The van der Waals surface area contributed by atoms with E-state index in [-0.39, 0.29) is 23.8 Å². The van der Waals surface area contributed by atoms with Crippen LogP contribution in [-0.4, -0.2) is 100 Å². The molecule has 50 heavy (non-hydrogen) atoms. The first-order chi connectivity index (χ1) is 23.9. The Balaban J connectivity index is 0.000000487. The summed E-state index contributed by atoms with van der Waals surface area (Å²) in [5, 5.41) is 5.38. The van der Waals surface area contributed by atoms with E-state index in [1.165, 1.54) is 44.6 Å². The molecule has 16 heteroatoms. The zero-order chi connectivity index (χ0) is 37.5. The number of fused-ring (bicyclic) bond motifs is 1. The third-order valence-electron chi connectivity index (χ3n) is 6.63. The number of anilines is 1. The predicted molar refractivity (Wildman–Crippen MR) is 194 cm³/mol. The van der Waals surface area contributed by atoms with Crippen LogP contribution >= 0.6 is 11.3 Å². The van der Waals surface area contributed by atoms with Crippen LogP contribution in [0.15, 0.2) is 18.6 Å². The molecule has 2 aliphatic rings. The van der Waals surface area contributed by atoms with Gasteiger partial charge in [0.1, 0.15) is 11.5 Å². The van der Waals surface area contributed by atoms with E-state index in [4.69, 9.17) is 4.79 Å². The number of nitrogens with two attached hydrogens (primary N) is 1. The van der Waals surface area contributed by atoms with Crippen LogP contribution in [0.5, 0.6) is 0 Å². The number of amides is 4. The number of rotatable bonds is 8. The third kappa shape index (κ3) is 16.1. The van der Waals surface area contributed by atoms with Crippen LogP contribution in [0.3, 0.4) is 0 Å². The second-order valence-electron chi connectivity index (χ2n) is 11.7. The number of nitrogens with zero attached hydrogens (tertiary/aromatic N) is 5. The molecule has 0 saturated carbocycles. The lowest BCUT2D eigenvalue weighted by Crippen LogP contribution is -2.34. The van der Waals surface area contributed by atoms with Gasteiger partial charge in [-0.05, 0) is 50.5 Å². The second-order valence-corrected chi connectivity index (χ2v) is 12.7. The van der Waals surface area contributed by atoms with E-state index >= 15 is 0 Å². The molecule has 5 rings (SSSR count). The number of nitrogens with one attached hydrogen (secondary N) is 3. The van der Waals surface area contributed by atoms with Gasteiger partial charge in [0, 0.05) is 39.2 Å². The summed E-state index contributed by atoms with van der Waals surface area (Å²) in [6.07, 6.45) is 12.0. The highest BCUT2D eigenvalue weighted by molar-refractivity contribution is 7.17. The Hall–Kier alpha value is -4.75. The number of H-pyrrole nitrogens is 1. The molecule has 0 bridgehead atoms. The van der Waals surface area contributed by atoms with Gasteiger partial charge in [-0.1, -0.05) is 45.5 Å². The number of carbonyl (C=O) groups is 5. The van der Waals surface area contributed by atoms with Gasteiger partial charge in [0.15, 0.2) is 10.8 Å². The van der Waals surface area contributed by atoms with Crippen LogP contribution in [0.25, 0.3) is 4.96 Å². The second kappa shape index (κ2) is 24.4. The maximum atomic E-state index is 12.5. The lowest BCUT2D eigenvalue weighted by molar-refractivity contribution is -0.133. The van der Waals surface area contributed by atoms with E-state index in [9.17, 15) is 19.2 Å². The average molecular weight is 716 g/mol. The summed E-state index contributed by atoms with van der Waals surface area (Å²) in [5.74, 6) is 7.97. The molecule has 5 N–H and O–H groups in total. The van der Waals surface area contributed by atoms with E-state index in [0.717, 1.165) is 53.8 Å². The van der Waals surface area contributed by atoms with Crippen molar-refractivity contribution in [3.8, 4) is 11.8 Å². The molecule has 4 amide bonds. The summed E-state index contributed by atoms with van der Waals surface area (Å²) in [7, 11) is 3.11. The van der Waals surface area contributed by atoms with Crippen molar-refractivity contribution in [1.29, 1.82) is 0 Å². The number of likely N-dealkylation sites (N-methyl/N-ethyl adjacent to an activating group) is 1.